The van der Waals surface area contributed by atoms with Crippen LogP contribution in [0.1, 0.15) is 24.0 Å². The Morgan fingerprint density at radius 3 is 2.79 bits per heavy atom. The molecule has 0 aliphatic carbocycles. The lowest BCUT2D eigenvalue weighted by atomic mass is 9.94. The lowest BCUT2D eigenvalue weighted by Crippen LogP contribution is -2.44. The van der Waals surface area contributed by atoms with E-state index in [0.717, 1.165) is 6.54 Å². The molecule has 106 valence electrons. The summed E-state index contributed by atoms with van der Waals surface area (Å²) in [5.41, 5.74) is 1.78. The van der Waals surface area contributed by atoms with Crippen molar-refractivity contribution in [3.63, 3.8) is 0 Å². The van der Waals surface area contributed by atoms with Crippen LogP contribution in [0.15, 0.2) is 24.3 Å². The van der Waals surface area contributed by atoms with Crippen LogP contribution in [-0.4, -0.2) is 37.6 Å². The van der Waals surface area contributed by atoms with E-state index < -0.39 is 5.60 Å². The molecule has 1 aromatic rings. The van der Waals surface area contributed by atoms with Crippen molar-refractivity contribution in [2.24, 2.45) is 0 Å². The average Bonchev–Trinajstić information content (AvgIpc) is 2.40. The highest BCUT2D eigenvalue weighted by Crippen LogP contribution is 2.19. The Hall–Kier alpha value is -0.940. The average molecular weight is 265 g/mol. The Balaban J connectivity index is 1.80. The maximum Gasteiger partial charge on any atom is 0.0815 e. The van der Waals surface area contributed by atoms with Gasteiger partial charge in [-0.1, -0.05) is 24.3 Å². The molecule has 0 amide bonds. The van der Waals surface area contributed by atoms with Gasteiger partial charge in [-0.2, -0.15) is 0 Å². The molecule has 2 N–H and O–H groups in total. The van der Waals surface area contributed by atoms with Gasteiger partial charge in [-0.3, -0.25) is 0 Å². The van der Waals surface area contributed by atoms with Gasteiger partial charge in [0.25, 0.3) is 0 Å². The van der Waals surface area contributed by atoms with Gasteiger partial charge in [-0.15, -0.1) is 0 Å². The minimum atomic E-state index is -0.609. The maximum atomic E-state index is 10.3. The molecule has 1 heterocycles. The Labute approximate surface area is 114 Å². The third-order valence-corrected chi connectivity index (χ3v) is 3.51. The molecule has 0 atom stereocenters. The molecule has 2 rings (SSSR count). The van der Waals surface area contributed by atoms with E-state index in [1.165, 1.54) is 11.1 Å². The summed E-state index contributed by atoms with van der Waals surface area (Å²) < 4.78 is 10.4. The number of hydrogen-bond donors (Lipinski definition) is 2. The third-order valence-electron chi connectivity index (χ3n) is 3.51. The minimum absolute atomic E-state index is 0.609. The summed E-state index contributed by atoms with van der Waals surface area (Å²) in [7, 11) is 1.70. The Morgan fingerprint density at radius 1 is 1.32 bits per heavy atom. The summed E-state index contributed by atoms with van der Waals surface area (Å²) in [6.07, 6.45) is 1.42. The van der Waals surface area contributed by atoms with E-state index in [1.807, 2.05) is 6.07 Å². The second-order valence-corrected chi connectivity index (χ2v) is 5.19. The lowest BCUT2D eigenvalue weighted by Gasteiger charge is -2.32. The monoisotopic (exact) mass is 265 g/mol. The molecule has 1 saturated heterocycles. The molecule has 0 spiro atoms. The van der Waals surface area contributed by atoms with E-state index in [-0.39, 0.29) is 0 Å². The van der Waals surface area contributed by atoms with E-state index in [1.54, 1.807) is 7.11 Å². The van der Waals surface area contributed by atoms with E-state index in [9.17, 15) is 5.11 Å². The van der Waals surface area contributed by atoms with Gasteiger partial charge in [0, 0.05) is 46.3 Å². The molecule has 0 unspecified atom stereocenters. The molecule has 0 radical (unpaired) electrons. The van der Waals surface area contributed by atoms with Crippen LogP contribution in [0.5, 0.6) is 0 Å². The summed E-state index contributed by atoms with van der Waals surface area (Å²) in [6.45, 7) is 3.32. The van der Waals surface area contributed by atoms with Crippen LogP contribution in [0.3, 0.4) is 0 Å². The standard InChI is InChI=1S/C15H23NO3/c1-18-11-14-4-2-3-13(9-14)10-16-12-15(17)5-7-19-8-6-15/h2-4,9,16-17H,5-8,10-12H2,1H3. The molecule has 1 aliphatic heterocycles. The van der Waals surface area contributed by atoms with Crippen molar-refractivity contribution in [2.75, 3.05) is 26.9 Å². The molecule has 0 aromatic heterocycles. The fourth-order valence-corrected chi connectivity index (χ4v) is 2.36. The smallest absolute Gasteiger partial charge is 0.0815 e. The van der Waals surface area contributed by atoms with Crippen LogP contribution >= 0.6 is 0 Å². The zero-order valence-corrected chi connectivity index (χ0v) is 11.5. The molecular weight excluding hydrogens is 242 g/mol. The summed E-state index contributed by atoms with van der Waals surface area (Å²) in [5.74, 6) is 0. The predicted octanol–water partition coefficient (Wildman–Crippen LogP) is 1.46. The van der Waals surface area contributed by atoms with Gasteiger partial charge in [-0.25, -0.2) is 0 Å². The largest absolute Gasteiger partial charge is 0.388 e. The number of aliphatic hydroxyl groups is 1. The number of ether oxygens (including phenoxy) is 2. The molecule has 1 aromatic carbocycles. The number of hydrogen-bond acceptors (Lipinski definition) is 4. The fraction of sp³-hybridized carbons (Fsp3) is 0.600. The van der Waals surface area contributed by atoms with Crippen LogP contribution < -0.4 is 5.32 Å². The third kappa shape index (κ3) is 4.58. The molecule has 4 heteroatoms. The molecular formula is C15H23NO3. The van der Waals surface area contributed by atoms with Gasteiger partial charge < -0.3 is 19.9 Å². The van der Waals surface area contributed by atoms with Crippen LogP contribution in [0, 0.1) is 0 Å². The number of methoxy groups -OCH3 is 1. The zero-order chi connectivity index (χ0) is 13.6. The van der Waals surface area contributed by atoms with E-state index in [0.29, 0.717) is 39.2 Å². The highest BCUT2D eigenvalue weighted by molar-refractivity contribution is 5.22. The van der Waals surface area contributed by atoms with E-state index >= 15 is 0 Å². The first kappa shape index (κ1) is 14.5. The number of rotatable bonds is 6. The van der Waals surface area contributed by atoms with Gasteiger partial charge in [0.05, 0.1) is 12.2 Å². The van der Waals surface area contributed by atoms with E-state index in [4.69, 9.17) is 9.47 Å². The quantitative estimate of drug-likeness (QED) is 0.817. The lowest BCUT2D eigenvalue weighted by molar-refractivity contribution is -0.0617. The highest BCUT2D eigenvalue weighted by atomic mass is 16.5. The summed E-state index contributed by atoms with van der Waals surface area (Å²) in [5, 5.41) is 13.7. The topological polar surface area (TPSA) is 50.7 Å². The van der Waals surface area contributed by atoms with Crippen molar-refractivity contribution in [1.82, 2.24) is 5.32 Å². The summed E-state index contributed by atoms with van der Waals surface area (Å²) in [4.78, 5) is 0. The van der Waals surface area contributed by atoms with Crippen molar-refractivity contribution in [3.05, 3.63) is 35.4 Å². The van der Waals surface area contributed by atoms with Crippen LogP contribution in [0.2, 0.25) is 0 Å². The molecule has 1 aliphatic rings. The van der Waals surface area contributed by atoms with Crippen molar-refractivity contribution in [2.45, 2.75) is 31.6 Å². The minimum Gasteiger partial charge on any atom is -0.388 e. The SMILES string of the molecule is COCc1cccc(CNCC2(O)CCOCC2)c1. The fourth-order valence-electron chi connectivity index (χ4n) is 2.36. The molecule has 0 bridgehead atoms. The Bertz CT molecular complexity index is 389. The van der Waals surface area contributed by atoms with Crippen LogP contribution in [-0.2, 0) is 22.6 Å². The van der Waals surface area contributed by atoms with Crippen molar-refractivity contribution < 1.29 is 14.6 Å². The van der Waals surface area contributed by atoms with Crippen molar-refractivity contribution in [1.29, 1.82) is 0 Å². The Morgan fingerprint density at radius 2 is 2.05 bits per heavy atom. The van der Waals surface area contributed by atoms with Gasteiger partial charge in [0.15, 0.2) is 0 Å². The number of nitrogens with one attached hydrogen (secondary N) is 1. The summed E-state index contributed by atoms with van der Waals surface area (Å²) in [6, 6.07) is 8.30. The van der Waals surface area contributed by atoms with Gasteiger partial charge in [-0.05, 0) is 11.1 Å². The second kappa shape index (κ2) is 7.01. The molecule has 1 fully saturated rings. The Kier molecular flexibility index (Phi) is 5.34. The highest BCUT2D eigenvalue weighted by Gasteiger charge is 2.28. The molecule has 19 heavy (non-hydrogen) atoms. The zero-order valence-electron chi connectivity index (χ0n) is 11.5. The summed E-state index contributed by atoms with van der Waals surface area (Å²) >= 11 is 0. The van der Waals surface area contributed by atoms with Gasteiger partial charge in [0.1, 0.15) is 0 Å². The van der Waals surface area contributed by atoms with Crippen LogP contribution in [0.25, 0.3) is 0 Å². The normalized spacial score (nSPS) is 18.4. The first-order chi connectivity index (χ1) is 9.22. The van der Waals surface area contributed by atoms with E-state index in [2.05, 4.69) is 23.5 Å². The second-order valence-electron chi connectivity index (χ2n) is 5.19. The maximum absolute atomic E-state index is 10.3. The van der Waals surface area contributed by atoms with Crippen LogP contribution in [0.4, 0.5) is 0 Å². The first-order valence-electron chi connectivity index (χ1n) is 6.79. The number of benzene rings is 1. The van der Waals surface area contributed by atoms with Gasteiger partial charge >= 0.3 is 0 Å². The molecule has 4 nitrogen and oxygen atoms in total. The van der Waals surface area contributed by atoms with Gasteiger partial charge in [0.2, 0.25) is 0 Å². The van der Waals surface area contributed by atoms with Crippen molar-refractivity contribution >= 4 is 0 Å². The first-order valence-corrected chi connectivity index (χ1v) is 6.79. The van der Waals surface area contributed by atoms with Crippen molar-refractivity contribution in [3.8, 4) is 0 Å². The molecule has 0 saturated carbocycles. The predicted molar refractivity (Wildman–Crippen MR) is 73.9 cm³/mol.